The molecule has 0 saturated carbocycles. The number of rotatable bonds is 6. The number of benzene rings is 1. The number of allylic oxidation sites excluding steroid dienone is 1. The molecule has 0 spiro atoms. The molecule has 1 aliphatic heterocycles. The summed E-state index contributed by atoms with van der Waals surface area (Å²) in [6.45, 7) is 2.70. The van der Waals surface area contributed by atoms with Gasteiger partial charge in [0.05, 0.1) is 6.42 Å². The van der Waals surface area contributed by atoms with Crippen molar-refractivity contribution in [3.63, 3.8) is 0 Å². The van der Waals surface area contributed by atoms with Crippen LogP contribution >= 0.6 is 0 Å². The fourth-order valence-electron chi connectivity index (χ4n) is 4.25. The predicted molar refractivity (Wildman–Crippen MR) is 103 cm³/mol. The molecule has 1 heterocycles. The summed E-state index contributed by atoms with van der Waals surface area (Å²) in [4.78, 5) is 12.9. The van der Waals surface area contributed by atoms with Gasteiger partial charge >= 0.3 is 11.5 Å². The van der Waals surface area contributed by atoms with E-state index in [1.807, 2.05) is 4.90 Å². The number of nitrogens with zero attached hydrogens (tertiary/aromatic N) is 1. The highest BCUT2D eigenvalue weighted by molar-refractivity contribution is 7.92. The molecule has 0 bridgehead atoms. The van der Waals surface area contributed by atoms with Crippen molar-refractivity contribution >= 4 is 21.4 Å². The number of halogens is 3. The molecule has 1 aromatic carbocycles. The quantitative estimate of drug-likeness (QED) is 0.697. The lowest BCUT2D eigenvalue weighted by Gasteiger charge is -2.32. The Bertz CT molecular complexity index is 966. The molecule has 2 aliphatic rings. The summed E-state index contributed by atoms with van der Waals surface area (Å²) in [7, 11) is -5.43. The number of hydrogen-bond acceptors (Lipinski definition) is 4. The third kappa shape index (κ3) is 4.11. The van der Waals surface area contributed by atoms with Gasteiger partial charge in [-0.2, -0.15) is 13.2 Å². The Morgan fingerprint density at radius 1 is 1.34 bits per heavy atom. The zero-order valence-electron chi connectivity index (χ0n) is 15.8. The molecule has 0 radical (unpaired) electrons. The Hall–Kier alpha value is -2.13. The average Bonchev–Trinajstić information content (AvgIpc) is 2.94. The normalized spacial score (nSPS) is 21.3. The Balaban J connectivity index is 1.95. The lowest BCUT2D eigenvalue weighted by molar-refractivity contribution is -0.137. The summed E-state index contributed by atoms with van der Waals surface area (Å²) >= 11 is 0. The minimum absolute atomic E-state index is 0.0671. The molecule has 0 fully saturated rings. The second-order valence-corrected chi connectivity index (χ2v) is 9.36. The summed E-state index contributed by atoms with van der Waals surface area (Å²) in [5.41, 5.74) is -3.70. The van der Waals surface area contributed by atoms with Crippen LogP contribution in [0.3, 0.4) is 0 Å². The maximum atomic E-state index is 13.4. The first-order valence-electron chi connectivity index (χ1n) is 9.24. The Labute approximate surface area is 167 Å². The number of carbonyl (C=O) groups is 1. The van der Waals surface area contributed by atoms with Gasteiger partial charge in [0.25, 0.3) is 9.84 Å². The average molecular weight is 429 g/mol. The number of carboxylic acids is 1. The third-order valence-electron chi connectivity index (χ3n) is 5.37. The smallest absolute Gasteiger partial charge is 0.481 e. The van der Waals surface area contributed by atoms with Crippen molar-refractivity contribution in [2.75, 3.05) is 19.6 Å². The van der Waals surface area contributed by atoms with Crippen molar-refractivity contribution in [2.24, 2.45) is 5.92 Å². The first-order chi connectivity index (χ1) is 13.6. The van der Waals surface area contributed by atoms with Gasteiger partial charge in [-0.1, -0.05) is 36.4 Å². The SMILES string of the molecule is C/C=C/C(CC(=O)O)CN1CCC2=C(C1)C(S(=O)(=O)C(F)(F)F)c1ccccc12. The number of carboxylic acid groups (broad SMARTS) is 1. The summed E-state index contributed by atoms with van der Waals surface area (Å²) < 4.78 is 64.9. The molecule has 2 atom stereocenters. The van der Waals surface area contributed by atoms with Crippen LogP contribution < -0.4 is 0 Å². The summed E-state index contributed by atoms with van der Waals surface area (Å²) in [5.74, 6) is -1.27. The van der Waals surface area contributed by atoms with E-state index in [1.165, 1.54) is 6.07 Å². The Kier molecular flexibility index (Phi) is 5.91. The monoisotopic (exact) mass is 429 g/mol. The molecule has 1 N–H and O–H groups in total. The number of aliphatic carboxylic acids is 1. The fraction of sp³-hybridized carbons (Fsp3) is 0.450. The van der Waals surface area contributed by atoms with E-state index >= 15 is 0 Å². The summed E-state index contributed by atoms with van der Waals surface area (Å²) in [5, 5.41) is 7.34. The van der Waals surface area contributed by atoms with Gasteiger partial charge in [0.15, 0.2) is 0 Å². The number of alkyl halides is 3. The van der Waals surface area contributed by atoms with Crippen molar-refractivity contribution in [1.29, 1.82) is 0 Å². The highest BCUT2D eigenvalue weighted by atomic mass is 32.2. The van der Waals surface area contributed by atoms with Crippen LogP contribution in [0, 0.1) is 5.92 Å². The van der Waals surface area contributed by atoms with Crippen molar-refractivity contribution < 1.29 is 31.5 Å². The maximum Gasteiger partial charge on any atom is 0.498 e. The van der Waals surface area contributed by atoms with E-state index in [4.69, 9.17) is 5.11 Å². The molecule has 1 aliphatic carbocycles. The maximum absolute atomic E-state index is 13.4. The van der Waals surface area contributed by atoms with E-state index in [1.54, 1.807) is 37.3 Å². The highest BCUT2D eigenvalue weighted by Gasteiger charge is 2.55. The van der Waals surface area contributed by atoms with E-state index < -0.39 is 26.6 Å². The van der Waals surface area contributed by atoms with Gasteiger partial charge in [-0.15, -0.1) is 0 Å². The Morgan fingerprint density at radius 2 is 2.03 bits per heavy atom. The van der Waals surface area contributed by atoms with Crippen molar-refractivity contribution in [3.8, 4) is 0 Å². The molecule has 0 aromatic heterocycles. The molecule has 9 heteroatoms. The largest absolute Gasteiger partial charge is 0.498 e. The van der Waals surface area contributed by atoms with Crippen molar-refractivity contribution in [2.45, 2.75) is 30.5 Å². The molecule has 2 unspecified atom stereocenters. The first kappa shape index (κ1) is 21.6. The molecule has 0 amide bonds. The highest BCUT2D eigenvalue weighted by Crippen LogP contribution is 2.51. The zero-order valence-corrected chi connectivity index (χ0v) is 16.6. The third-order valence-corrected chi connectivity index (χ3v) is 7.18. The van der Waals surface area contributed by atoms with Gasteiger partial charge in [-0.05, 0) is 41.5 Å². The fourth-order valence-corrected chi connectivity index (χ4v) is 5.65. The van der Waals surface area contributed by atoms with E-state index in [9.17, 15) is 26.4 Å². The van der Waals surface area contributed by atoms with Crippen molar-refractivity contribution in [1.82, 2.24) is 4.90 Å². The van der Waals surface area contributed by atoms with Crippen LogP contribution in [0.4, 0.5) is 13.2 Å². The minimum atomic E-state index is -5.43. The van der Waals surface area contributed by atoms with Gasteiger partial charge in [0, 0.05) is 19.6 Å². The van der Waals surface area contributed by atoms with Crippen LogP contribution in [0.5, 0.6) is 0 Å². The minimum Gasteiger partial charge on any atom is -0.481 e. The molecule has 0 saturated heterocycles. The summed E-state index contributed by atoms with van der Waals surface area (Å²) in [6, 6.07) is 6.34. The van der Waals surface area contributed by atoms with Crippen LogP contribution in [0.2, 0.25) is 0 Å². The number of fused-ring (bicyclic) bond motifs is 2. The lowest BCUT2D eigenvalue weighted by atomic mass is 9.97. The molecule has 1 aromatic rings. The molecule has 3 rings (SSSR count). The number of hydrogen-bond donors (Lipinski definition) is 1. The van der Waals surface area contributed by atoms with E-state index in [0.29, 0.717) is 30.6 Å². The van der Waals surface area contributed by atoms with Crippen LogP contribution in [0.25, 0.3) is 5.57 Å². The van der Waals surface area contributed by atoms with Gasteiger partial charge in [0.2, 0.25) is 0 Å². The molecule has 158 valence electrons. The van der Waals surface area contributed by atoms with Gasteiger partial charge in [-0.25, -0.2) is 8.42 Å². The second kappa shape index (κ2) is 7.95. The topological polar surface area (TPSA) is 74.7 Å². The lowest BCUT2D eigenvalue weighted by Crippen LogP contribution is -2.38. The Morgan fingerprint density at radius 3 is 2.66 bits per heavy atom. The van der Waals surface area contributed by atoms with E-state index in [0.717, 1.165) is 0 Å². The predicted octanol–water partition coefficient (Wildman–Crippen LogP) is 3.80. The van der Waals surface area contributed by atoms with Crippen molar-refractivity contribution in [3.05, 3.63) is 53.1 Å². The van der Waals surface area contributed by atoms with E-state index in [-0.39, 0.29) is 30.0 Å². The second-order valence-electron chi connectivity index (χ2n) is 7.33. The van der Waals surface area contributed by atoms with Gasteiger partial charge in [0.1, 0.15) is 5.25 Å². The number of sulfone groups is 1. The van der Waals surface area contributed by atoms with Gasteiger partial charge < -0.3 is 5.11 Å². The summed E-state index contributed by atoms with van der Waals surface area (Å²) in [6.07, 6.45) is 3.82. The molecular weight excluding hydrogens is 407 g/mol. The zero-order chi connectivity index (χ0) is 21.4. The van der Waals surface area contributed by atoms with Gasteiger partial charge in [-0.3, -0.25) is 9.69 Å². The molecule has 29 heavy (non-hydrogen) atoms. The van der Waals surface area contributed by atoms with Crippen LogP contribution in [-0.2, 0) is 14.6 Å². The molecule has 5 nitrogen and oxygen atoms in total. The first-order valence-corrected chi connectivity index (χ1v) is 10.8. The molecular formula is C20H22F3NO4S. The van der Waals surface area contributed by atoms with Crippen LogP contribution in [0.1, 0.15) is 36.1 Å². The standard InChI is InChI=1S/C20H22F3NO4S/c1-2-5-13(10-18(25)26)11-24-9-8-15-14-6-3-4-7-16(14)19(17(15)12-24)29(27,28)20(21,22)23/h2-7,13,19H,8-12H2,1H3,(H,25,26)/b5-2+. The van der Waals surface area contributed by atoms with Crippen LogP contribution in [0.15, 0.2) is 42.0 Å². The van der Waals surface area contributed by atoms with Crippen LogP contribution in [-0.4, -0.2) is 49.5 Å². The van der Waals surface area contributed by atoms with E-state index in [2.05, 4.69) is 0 Å².